The van der Waals surface area contributed by atoms with Gasteiger partial charge in [0, 0.05) is 39.3 Å². The Morgan fingerprint density at radius 3 is 2.64 bits per heavy atom. The number of methoxy groups -OCH3 is 1. The van der Waals surface area contributed by atoms with E-state index in [1.54, 1.807) is 7.11 Å². The van der Waals surface area contributed by atoms with E-state index in [2.05, 4.69) is 17.1 Å². The first-order chi connectivity index (χ1) is 5.34. The molecule has 0 aromatic carbocycles. The van der Waals surface area contributed by atoms with Crippen molar-refractivity contribution in [3.63, 3.8) is 0 Å². The molecule has 0 spiro atoms. The van der Waals surface area contributed by atoms with Crippen LogP contribution in [0.1, 0.15) is 6.92 Å². The predicted octanol–water partition coefficient (Wildman–Crippen LogP) is -0.0735. The molecule has 1 rings (SSSR count). The van der Waals surface area contributed by atoms with Crippen LogP contribution in [0.15, 0.2) is 0 Å². The van der Waals surface area contributed by atoms with Gasteiger partial charge < -0.3 is 10.1 Å². The minimum absolute atomic E-state index is 0.571. The highest BCUT2D eigenvalue weighted by Crippen LogP contribution is 2.00. The smallest absolute Gasteiger partial charge is 0.0615 e. The van der Waals surface area contributed by atoms with Crippen molar-refractivity contribution in [2.24, 2.45) is 0 Å². The van der Waals surface area contributed by atoms with Gasteiger partial charge in [-0.2, -0.15) is 0 Å². The average molecular weight is 158 g/mol. The highest BCUT2D eigenvalue weighted by atomic mass is 16.5. The lowest BCUT2D eigenvalue weighted by atomic mass is 10.2. The Kier molecular flexibility index (Phi) is 3.83. The van der Waals surface area contributed by atoms with E-state index < -0.39 is 0 Å². The third kappa shape index (κ3) is 2.77. The molecule has 0 aromatic rings. The van der Waals surface area contributed by atoms with Crippen LogP contribution in [0.2, 0.25) is 0 Å². The zero-order chi connectivity index (χ0) is 8.10. The highest BCUT2D eigenvalue weighted by molar-refractivity contribution is 4.72. The van der Waals surface area contributed by atoms with Gasteiger partial charge in [-0.05, 0) is 6.92 Å². The summed E-state index contributed by atoms with van der Waals surface area (Å²) in [6.45, 7) is 7.62. The SMILES string of the molecule is COC[C@@H](C)N1CCNCC1. The first-order valence-electron chi connectivity index (χ1n) is 4.28. The number of hydrogen-bond acceptors (Lipinski definition) is 3. The maximum atomic E-state index is 5.09. The van der Waals surface area contributed by atoms with Crippen LogP contribution in [0.3, 0.4) is 0 Å². The summed E-state index contributed by atoms with van der Waals surface area (Å²) < 4.78 is 5.09. The van der Waals surface area contributed by atoms with Crippen LogP contribution in [0, 0.1) is 0 Å². The second-order valence-corrected chi connectivity index (χ2v) is 3.09. The van der Waals surface area contributed by atoms with Gasteiger partial charge in [0.15, 0.2) is 0 Å². The highest BCUT2D eigenvalue weighted by Gasteiger charge is 2.15. The Balaban J connectivity index is 2.21. The van der Waals surface area contributed by atoms with Crippen LogP contribution < -0.4 is 5.32 Å². The number of piperazine rings is 1. The molecule has 0 amide bonds. The van der Waals surface area contributed by atoms with E-state index in [0.29, 0.717) is 6.04 Å². The Bertz CT molecular complexity index is 102. The van der Waals surface area contributed by atoms with Crippen molar-refractivity contribution in [2.75, 3.05) is 39.9 Å². The quantitative estimate of drug-likeness (QED) is 0.622. The van der Waals surface area contributed by atoms with Gasteiger partial charge in [-0.25, -0.2) is 0 Å². The fraction of sp³-hybridized carbons (Fsp3) is 1.00. The van der Waals surface area contributed by atoms with Crippen molar-refractivity contribution in [3.05, 3.63) is 0 Å². The standard InChI is InChI=1S/C8H18N2O/c1-8(7-11-2)10-5-3-9-4-6-10/h8-9H,3-7H2,1-2H3/t8-/m1/s1. The van der Waals surface area contributed by atoms with Gasteiger partial charge in [-0.3, -0.25) is 4.90 Å². The number of nitrogens with one attached hydrogen (secondary N) is 1. The zero-order valence-corrected chi connectivity index (χ0v) is 7.47. The zero-order valence-electron chi connectivity index (χ0n) is 7.47. The molecule has 1 heterocycles. The van der Waals surface area contributed by atoms with E-state index in [-0.39, 0.29) is 0 Å². The molecule has 11 heavy (non-hydrogen) atoms. The minimum atomic E-state index is 0.571. The maximum Gasteiger partial charge on any atom is 0.0615 e. The molecular weight excluding hydrogens is 140 g/mol. The summed E-state index contributed by atoms with van der Waals surface area (Å²) >= 11 is 0. The normalized spacial score (nSPS) is 23.5. The van der Waals surface area contributed by atoms with Crippen molar-refractivity contribution in [3.8, 4) is 0 Å². The molecule has 0 aliphatic carbocycles. The topological polar surface area (TPSA) is 24.5 Å². The molecule has 3 heteroatoms. The number of rotatable bonds is 3. The predicted molar refractivity (Wildman–Crippen MR) is 45.8 cm³/mol. The molecule has 1 aliphatic rings. The maximum absolute atomic E-state index is 5.09. The average Bonchev–Trinajstić information content (AvgIpc) is 2.07. The summed E-state index contributed by atoms with van der Waals surface area (Å²) in [7, 11) is 1.76. The molecule has 0 unspecified atom stereocenters. The monoisotopic (exact) mass is 158 g/mol. The van der Waals surface area contributed by atoms with Crippen LogP contribution >= 0.6 is 0 Å². The molecule has 0 bridgehead atoms. The van der Waals surface area contributed by atoms with Crippen molar-refractivity contribution < 1.29 is 4.74 Å². The first kappa shape index (κ1) is 8.97. The number of nitrogens with zero attached hydrogens (tertiary/aromatic N) is 1. The van der Waals surface area contributed by atoms with Crippen molar-refractivity contribution in [1.29, 1.82) is 0 Å². The van der Waals surface area contributed by atoms with E-state index in [0.717, 1.165) is 32.8 Å². The molecule has 1 aliphatic heterocycles. The van der Waals surface area contributed by atoms with E-state index in [4.69, 9.17) is 4.74 Å². The minimum Gasteiger partial charge on any atom is -0.383 e. The van der Waals surface area contributed by atoms with E-state index in [1.807, 2.05) is 0 Å². The fourth-order valence-corrected chi connectivity index (χ4v) is 1.47. The van der Waals surface area contributed by atoms with Gasteiger partial charge in [0.05, 0.1) is 6.61 Å². The lowest BCUT2D eigenvalue weighted by Gasteiger charge is -2.32. The summed E-state index contributed by atoms with van der Waals surface area (Å²) in [6, 6.07) is 0.571. The van der Waals surface area contributed by atoms with Crippen LogP contribution in [-0.4, -0.2) is 50.8 Å². The third-order valence-electron chi connectivity index (χ3n) is 2.18. The molecular formula is C8H18N2O. The van der Waals surface area contributed by atoms with E-state index >= 15 is 0 Å². The van der Waals surface area contributed by atoms with Crippen molar-refractivity contribution in [1.82, 2.24) is 10.2 Å². The van der Waals surface area contributed by atoms with Gasteiger partial charge in [0.1, 0.15) is 0 Å². The summed E-state index contributed by atoms with van der Waals surface area (Å²) in [5, 5.41) is 3.33. The van der Waals surface area contributed by atoms with Crippen LogP contribution in [0.5, 0.6) is 0 Å². The summed E-state index contributed by atoms with van der Waals surface area (Å²) in [4.78, 5) is 2.46. The molecule has 3 nitrogen and oxygen atoms in total. The van der Waals surface area contributed by atoms with Gasteiger partial charge >= 0.3 is 0 Å². The molecule has 1 N–H and O–H groups in total. The van der Waals surface area contributed by atoms with Crippen LogP contribution in [0.25, 0.3) is 0 Å². The third-order valence-corrected chi connectivity index (χ3v) is 2.18. The van der Waals surface area contributed by atoms with Crippen molar-refractivity contribution in [2.45, 2.75) is 13.0 Å². The summed E-state index contributed by atoms with van der Waals surface area (Å²) in [5.74, 6) is 0. The van der Waals surface area contributed by atoms with Gasteiger partial charge in [0.25, 0.3) is 0 Å². The van der Waals surface area contributed by atoms with E-state index in [1.165, 1.54) is 0 Å². The van der Waals surface area contributed by atoms with Gasteiger partial charge in [0.2, 0.25) is 0 Å². The van der Waals surface area contributed by atoms with Gasteiger partial charge in [-0.15, -0.1) is 0 Å². The fourth-order valence-electron chi connectivity index (χ4n) is 1.47. The van der Waals surface area contributed by atoms with E-state index in [9.17, 15) is 0 Å². The second-order valence-electron chi connectivity index (χ2n) is 3.09. The molecule has 66 valence electrons. The molecule has 0 radical (unpaired) electrons. The largest absolute Gasteiger partial charge is 0.383 e. The molecule has 1 atom stereocenters. The summed E-state index contributed by atoms with van der Waals surface area (Å²) in [5.41, 5.74) is 0. The number of hydrogen-bond donors (Lipinski definition) is 1. The molecule has 1 saturated heterocycles. The second kappa shape index (κ2) is 4.70. The van der Waals surface area contributed by atoms with Crippen LogP contribution in [0.4, 0.5) is 0 Å². The molecule has 0 aromatic heterocycles. The lowest BCUT2D eigenvalue weighted by molar-refractivity contribution is 0.0909. The summed E-state index contributed by atoms with van der Waals surface area (Å²) in [6.07, 6.45) is 0. The van der Waals surface area contributed by atoms with Crippen LogP contribution in [-0.2, 0) is 4.74 Å². The molecule has 1 fully saturated rings. The van der Waals surface area contributed by atoms with Crippen molar-refractivity contribution >= 4 is 0 Å². The Hall–Kier alpha value is -0.120. The lowest BCUT2D eigenvalue weighted by Crippen LogP contribution is -2.48. The Morgan fingerprint density at radius 2 is 2.09 bits per heavy atom. The first-order valence-corrected chi connectivity index (χ1v) is 4.28. The number of ether oxygens (including phenoxy) is 1. The molecule has 0 saturated carbocycles. The Morgan fingerprint density at radius 1 is 1.45 bits per heavy atom. The van der Waals surface area contributed by atoms with Gasteiger partial charge in [-0.1, -0.05) is 0 Å². The Labute approximate surface area is 68.7 Å².